The lowest BCUT2D eigenvalue weighted by atomic mass is 10.0. The van der Waals surface area contributed by atoms with Gasteiger partial charge in [0.25, 0.3) is 5.91 Å². The molecular weight excluding hydrogens is 384 g/mol. The van der Waals surface area contributed by atoms with Crippen LogP contribution in [0.1, 0.15) is 45.9 Å². The second kappa shape index (κ2) is 8.57. The SMILES string of the molecule is Cc1ncc(CN2CCO[C@H](c3cc(C(=O)NC(C)C)c4ccccc4n3)C2)s1. The number of fused-ring (bicyclic) bond motifs is 1. The van der Waals surface area contributed by atoms with Gasteiger partial charge in [0.05, 0.1) is 28.4 Å². The number of aromatic nitrogens is 2. The fourth-order valence-electron chi connectivity index (χ4n) is 3.61. The summed E-state index contributed by atoms with van der Waals surface area (Å²) in [6, 6.07) is 9.75. The first kappa shape index (κ1) is 19.9. The van der Waals surface area contributed by atoms with E-state index in [0.29, 0.717) is 12.2 Å². The third kappa shape index (κ3) is 4.63. The average molecular weight is 411 g/mol. The summed E-state index contributed by atoms with van der Waals surface area (Å²) in [6.07, 6.45) is 1.79. The molecule has 0 spiro atoms. The number of aryl methyl sites for hydroxylation is 1. The van der Waals surface area contributed by atoms with Gasteiger partial charge in [0, 0.05) is 42.1 Å². The van der Waals surface area contributed by atoms with Gasteiger partial charge in [-0.25, -0.2) is 9.97 Å². The van der Waals surface area contributed by atoms with Crippen molar-refractivity contribution >= 4 is 28.1 Å². The first-order valence-electron chi connectivity index (χ1n) is 9.95. The Balaban J connectivity index is 1.61. The van der Waals surface area contributed by atoms with Crippen molar-refractivity contribution in [3.05, 3.63) is 57.7 Å². The van der Waals surface area contributed by atoms with Crippen LogP contribution in [0.5, 0.6) is 0 Å². The van der Waals surface area contributed by atoms with Crippen LogP contribution >= 0.6 is 11.3 Å². The van der Waals surface area contributed by atoms with Crippen LogP contribution in [-0.4, -0.2) is 46.5 Å². The average Bonchev–Trinajstić information content (AvgIpc) is 3.11. The molecule has 152 valence electrons. The molecule has 0 aliphatic carbocycles. The predicted octanol–water partition coefficient (Wildman–Crippen LogP) is 3.71. The highest BCUT2D eigenvalue weighted by atomic mass is 32.1. The molecular formula is C22H26N4O2S. The van der Waals surface area contributed by atoms with Crippen LogP contribution in [0.4, 0.5) is 0 Å². The van der Waals surface area contributed by atoms with Crippen molar-refractivity contribution in [3.63, 3.8) is 0 Å². The van der Waals surface area contributed by atoms with Gasteiger partial charge in [0.15, 0.2) is 0 Å². The number of pyridine rings is 1. The Morgan fingerprint density at radius 3 is 2.97 bits per heavy atom. The minimum Gasteiger partial charge on any atom is -0.369 e. The number of nitrogens with zero attached hydrogens (tertiary/aromatic N) is 3. The summed E-state index contributed by atoms with van der Waals surface area (Å²) in [6.45, 7) is 9.08. The number of hydrogen-bond acceptors (Lipinski definition) is 6. The van der Waals surface area contributed by atoms with Crippen molar-refractivity contribution < 1.29 is 9.53 Å². The Morgan fingerprint density at radius 2 is 2.21 bits per heavy atom. The number of morpholine rings is 1. The number of amides is 1. The second-order valence-electron chi connectivity index (χ2n) is 7.68. The second-order valence-corrected chi connectivity index (χ2v) is 9.00. The maximum Gasteiger partial charge on any atom is 0.252 e. The molecule has 1 aromatic carbocycles. The Bertz CT molecular complexity index is 1020. The monoisotopic (exact) mass is 410 g/mol. The minimum atomic E-state index is -0.159. The van der Waals surface area contributed by atoms with Crippen molar-refractivity contribution in [1.29, 1.82) is 0 Å². The fourth-order valence-corrected chi connectivity index (χ4v) is 4.45. The predicted molar refractivity (Wildman–Crippen MR) is 115 cm³/mol. The lowest BCUT2D eigenvalue weighted by Crippen LogP contribution is -2.38. The summed E-state index contributed by atoms with van der Waals surface area (Å²) >= 11 is 1.73. The number of carbonyl (C=O) groups excluding carboxylic acids is 1. The lowest BCUT2D eigenvalue weighted by molar-refractivity contribution is -0.0345. The zero-order chi connectivity index (χ0) is 20.4. The van der Waals surface area contributed by atoms with Crippen LogP contribution in [0.3, 0.4) is 0 Å². The smallest absolute Gasteiger partial charge is 0.252 e. The first-order valence-corrected chi connectivity index (χ1v) is 10.8. The molecule has 1 fully saturated rings. The van der Waals surface area contributed by atoms with Gasteiger partial charge in [-0.3, -0.25) is 9.69 Å². The van der Waals surface area contributed by atoms with Crippen molar-refractivity contribution in [2.75, 3.05) is 19.7 Å². The van der Waals surface area contributed by atoms with Gasteiger partial charge < -0.3 is 10.1 Å². The first-order chi connectivity index (χ1) is 14.0. The van der Waals surface area contributed by atoms with Gasteiger partial charge in [0.1, 0.15) is 6.10 Å². The lowest BCUT2D eigenvalue weighted by Gasteiger charge is -2.32. The Morgan fingerprint density at radius 1 is 1.38 bits per heavy atom. The highest BCUT2D eigenvalue weighted by molar-refractivity contribution is 7.11. The van der Waals surface area contributed by atoms with Crippen LogP contribution in [-0.2, 0) is 11.3 Å². The molecule has 0 saturated carbocycles. The molecule has 0 radical (unpaired) electrons. The van der Waals surface area contributed by atoms with Gasteiger partial charge in [-0.05, 0) is 32.9 Å². The molecule has 1 aliphatic heterocycles. The van der Waals surface area contributed by atoms with E-state index >= 15 is 0 Å². The number of benzene rings is 1. The summed E-state index contributed by atoms with van der Waals surface area (Å²) in [7, 11) is 0. The molecule has 3 heterocycles. The molecule has 7 heteroatoms. The van der Waals surface area contributed by atoms with E-state index in [1.165, 1.54) is 4.88 Å². The molecule has 2 aromatic heterocycles. The van der Waals surface area contributed by atoms with E-state index in [-0.39, 0.29) is 18.1 Å². The number of ether oxygens (including phenoxy) is 1. The summed E-state index contributed by atoms with van der Waals surface area (Å²) in [5.41, 5.74) is 2.28. The molecule has 1 N–H and O–H groups in total. The Labute approximate surface area is 174 Å². The van der Waals surface area contributed by atoms with Crippen LogP contribution in [0.25, 0.3) is 10.9 Å². The normalized spacial score (nSPS) is 17.7. The molecule has 29 heavy (non-hydrogen) atoms. The van der Waals surface area contributed by atoms with Gasteiger partial charge in [-0.2, -0.15) is 0 Å². The molecule has 0 bridgehead atoms. The summed E-state index contributed by atoms with van der Waals surface area (Å²) < 4.78 is 6.05. The van der Waals surface area contributed by atoms with Crippen LogP contribution < -0.4 is 5.32 Å². The maximum atomic E-state index is 12.8. The molecule has 3 aromatic rings. The summed E-state index contributed by atoms with van der Waals surface area (Å²) in [5, 5.41) is 4.95. The summed E-state index contributed by atoms with van der Waals surface area (Å²) in [5.74, 6) is -0.0762. The summed E-state index contributed by atoms with van der Waals surface area (Å²) in [4.78, 5) is 25.6. The largest absolute Gasteiger partial charge is 0.369 e. The van der Waals surface area contributed by atoms with Crippen molar-refractivity contribution in [2.24, 2.45) is 0 Å². The van der Waals surface area contributed by atoms with Gasteiger partial charge in [-0.1, -0.05) is 18.2 Å². The van der Waals surface area contributed by atoms with Crippen LogP contribution in [0.2, 0.25) is 0 Å². The molecule has 1 aliphatic rings. The van der Waals surface area contributed by atoms with Crippen LogP contribution in [0.15, 0.2) is 36.5 Å². The highest BCUT2D eigenvalue weighted by Crippen LogP contribution is 2.27. The number of hydrogen-bond donors (Lipinski definition) is 1. The van der Waals surface area contributed by atoms with Crippen molar-refractivity contribution in [3.8, 4) is 0 Å². The Hall–Kier alpha value is -2.35. The van der Waals surface area contributed by atoms with E-state index in [9.17, 15) is 4.79 Å². The molecule has 1 amide bonds. The van der Waals surface area contributed by atoms with Crippen LogP contribution in [0, 0.1) is 6.92 Å². The van der Waals surface area contributed by atoms with E-state index < -0.39 is 0 Å². The van der Waals surface area contributed by atoms with Gasteiger partial charge in [0.2, 0.25) is 0 Å². The molecule has 1 atom stereocenters. The zero-order valence-corrected chi connectivity index (χ0v) is 17.8. The standard InChI is InChI=1S/C22H26N4O2S/c1-14(2)24-22(27)18-10-20(25-19-7-5-4-6-17(18)19)21-13-26(8-9-28-21)12-16-11-23-15(3)29-16/h4-7,10-11,14,21H,8-9,12-13H2,1-3H3,(H,24,27)/t21-/m0/s1. The fraction of sp³-hybridized carbons (Fsp3) is 0.409. The molecule has 4 rings (SSSR count). The third-order valence-corrected chi connectivity index (χ3v) is 5.83. The maximum absolute atomic E-state index is 12.8. The zero-order valence-electron chi connectivity index (χ0n) is 17.0. The van der Waals surface area contributed by atoms with Crippen molar-refractivity contribution in [2.45, 2.75) is 39.5 Å². The van der Waals surface area contributed by atoms with Gasteiger partial charge in [-0.15, -0.1) is 11.3 Å². The number of rotatable bonds is 5. The third-order valence-electron chi connectivity index (χ3n) is 4.93. The number of para-hydroxylation sites is 1. The number of carbonyl (C=O) groups is 1. The number of thiazole rings is 1. The number of nitrogens with one attached hydrogen (secondary N) is 1. The van der Waals surface area contributed by atoms with Crippen molar-refractivity contribution in [1.82, 2.24) is 20.2 Å². The van der Waals surface area contributed by atoms with E-state index in [0.717, 1.165) is 41.2 Å². The highest BCUT2D eigenvalue weighted by Gasteiger charge is 2.25. The quantitative estimate of drug-likeness (QED) is 0.695. The Kier molecular flexibility index (Phi) is 5.89. The van der Waals surface area contributed by atoms with E-state index in [1.54, 1.807) is 11.3 Å². The van der Waals surface area contributed by atoms with E-state index in [2.05, 4.69) is 15.2 Å². The van der Waals surface area contributed by atoms with E-state index in [4.69, 9.17) is 9.72 Å². The minimum absolute atomic E-state index is 0.0714. The molecule has 6 nitrogen and oxygen atoms in total. The molecule has 1 saturated heterocycles. The molecule has 0 unspecified atom stereocenters. The topological polar surface area (TPSA) is 67.4 Å². The van der Waals surface area contributed by atoms with Gasteiger partial charge >= 0.3 is 0 Å². The van der Waals surface area contributed by atoms with E-state index in [1.807, 2.05) is 57.3 Å².